The van der Waals surface area contributed by atoms with Crippen molar-refractivity contribution in [2.75, 3.05) is 4.90 Å². The second-order valence-corrected chi connectivity index (χ2v) is 22.4. The van der Waals surface area contributed by atoms with Crippen molar-refractivity contribution in [1.29, 1.82) is 0 Å². The van der Waals surface area contributed by atoms with Gasteiger partial charge in [-0.15, -0.1) is 0 Å². The molecule has 8 aromatic carbocycles. The minimum atomic E-state index is -0.337. The number of anilines is 3. The number of rotatable bonds is 5. The Morgan fingerprint density at radius 1 is 0.338 bits per heavy atom. The van der Waals surface area contributed by atoms with Crippen LogP contribution in [0.3, 0.4) is 0 Å². The van der Waals surface area contributed by atoms with Crippen LogP contribution >= 0.6 is 0 Å². The molecular weight excluding hydrogens is 783 g/mol. The third kappa shape index (κ3) is 6.11. The van der Waals surface area contributed by atoms with Gasteiger partial charge in [0.2, 0.25) is 0 Å². The minimum absolute atomic E-state index is 0.0176. The summed E-state index contributed by atoms with van der Waals surface area (Å²) in [7, 11) is 0. The summed E-state index contributed by atoms with van der Waals surface area (Å²) in [4.78, 5) is 2.52. The minimum Gasteiger partial charge on any atom is -0.310 e. The number of hydrogen-bond acceptors (Lipinski definition) is 1. The lowest BCUT2D eigenvalue weighted by Gasteiger charge is -2.32. The summed E-state index contributed by atoms with van der Waals surface area (Å²) in [5, 5.41) is 0. The SMILES string of the molecule is CC(C)(C)c1ccc2c(c1)C(C)(c1ccccc1)c1cc(C(C)(C)C)cc(-c3cccc(N(c4ccc5c(c4)C(C)(C)c4ccccc4-5)c4ccc5c(c4)C(C)(C)c4ccccc4-5)c3)c1-2. The van der Waals surface area contributed by atoms with E-state index in [2.05, 4.69) is 251 Å². The zero-order valence-electron chi connectivity index (χ0n) is 40.1. The number of benzene rings is 8. The van der Waals surface area contributed by atoms with Crippen molar-refractivity contribution in [2.45, 2.75) is 103 Å². The molecule has 1 nitrogen and oxygen atoms in total. The van der Waals surface area contributed by atoms with E-state index in [0.29, 0.717) is 0 Å². The Morgan fingerprint density at radius 3 is 1.40 bits per heavy atom. The van der Waals surface area contributed by atoms with Crippen molar-refractivity contribution in [3.05, 3.63) is 220 Å². The smallest absolute Gasteiger partial charge is 0.0467 e. The average molecular weight is 844 g/mol. The molecule has 0 saturated heterocycles. The molecule has 0 bridgehead atoms. The molecular formula is C64H61N. The summed E-state index contributed by atoms with van der Waals surface area (Å²) < 4.78 is 0. The molecule has 8 aromatic rings. The maximum atomic E-state index is 2.54. The first-order valence-corrected chi connectivity index (χ1v) is 23.7. The molecule has 0 N–H and O–H groups in total. The van der Waals surface area contributed by atoms with Gasteiger partial charge in [0, 0.05) is 33.3 Å². The van der Waals surface area contributed by atoms with Crippen molar-refractivity contribution in [3.8, 4) is 44.5 Å². The zero-order valence-corrected chi connectivity index (χ0v) is 40.1. The van der Waals surface area contributed by atoms with Gasteiger partial charge in [-0.2, -0.15) is 0 Å². The van der Waals surface area contributed by atoms with Crippen LogP contribution in [-0.2, 0) is 27.1 Å². The highest BCUT2D eigenvalue weighted by Gasteiger charge is 2.44. The highest BCUT2D eigenvalue weighted by atomic mass is 15.1. The van der Waals surface area contributed by atoms with Gasteiger partial charge in [-0.25, -0.2) is 0 Å². The van der Waals surface area contributed by atoms with Crippen LogP contribution in [-0.4, -0.2) is 0 Å². The third-order valence-corrected chi connectivity index (χ3v) is 15.7. The molecule has 3 aliphatic rings. The molecule has 0 spiro atoms. The molecule has 0 amide bonds. The maximum absolute atomic E-state index is 2.54. The normalized spacial score (nSPS) is 17.2. The fourth-order valence-corrected chi connectivity index (χ4v) is 11.8. The molecule has 65 heavy (non-hydrogen) atoms. The second-order valence-electron chi connectivity index (χ2n) is 22.4. The van der Waals surface area contributed by atoms with Crippen LogP contribution in [0.5, 0.6) is 0 Å². The molecule has 0 aromatic heterocycles. The predicted octanol–water partition coefficient (Wildman–Crippen LogP) is 17.4. The first kappa shape index (κ1) is 41.3. The van der Waals surface area contributed by atoms with Gasteiger partial charge in [-0.3, -0.25) is 0 Å². The molecule has 0 radical (unpaired) electrons. The third-order valence-electron chi connectivity index (χ3n) is 15.7. The van der Waals surface area contributed by atoms with E-state index >= 15 is 0 Å². The fourth-order valence-electron chi connectivity index (χ4n) is 11.8. The van der Waals surface area contributed by atoms with Gasteiger partial charge in [-0.1, -0.05) is 197 Å². The van der Waals surface area contributed by atoms with Gasteiger partial charge in [0.05, 0.1) is 0 Å². The zero-order chi connectivity index (χ0) is 45.4. The summed E-state index contributed by atoms with van der Waals surface area (Å²) >= 11 is 0. The number of fused-ring (bicyclic) bond motifs is 9. The van der Waals surface area contributed by atoms with E-state index in [4.69, 9.17) is 0 Å². The second kappa shape index (κ2) is 14.0. The van der Waals surface area contributed by atoms with E-state index in [1.807, 2.05) is 0 Å². The van der Waals surface area contributed by atoms with Gasteiger partial charge in [0.25, 0.3) is 0 Å². The van der Waals surface area contributed by atoms with Crippen molar-refractivity contribution >= 4 is 17.1 Å². The molecule has 322 valence electrons. The summed E-state index contributed by atoms with van der Waals surface area (Å²) in [5.74, 6) is 0. The largest absolute Gasteiger partial charge is 0.310 e. The Morgan fingerprint density at radius 2 is 0.831 bits per heavy atom. The molecule has 0 aliphatic heterocycles. The maximum Gasteiger partial charge on any atom is 0.0467 e. The van der Waals surface area contributed by atoms with Crippen LogP contribution in [0.1, 0.15) is 126 Å². The van der Waals surface area contributed by atoms with E-state index < -0.39 is 0 Å². The summed E-state index contributed by atoms with van der Waals surface area (Å²) in [6, 6.07) is 65.3. The van der Waals surface area contributed by atoms with Crippen LogP contribution in [0.25, 0.3) is 44.5 Å². The van der Waals surface area contributed by atoms with Crippen LogP contribution in [0, 0.1) is 0 Å². The van der Waals surface area contributed by atoms with Gasteiger partial charge in [-0.05, 0) is 155 Å². The van der Waals surface area contributed by atoms with E-state index in [1.54, 1.807) is 0 Å². The molecule has 0 heterocycles. The molecule has 1 heteroatoms. The highest BCUT2D eigenvalue weighted by molar-refractivity contribution is 5.96. The quantitative estimate of drug-likeness (QED) is 0.167. The van der Waals surface area contributed by atoms with Crippen LogP contribution in [0.2, 0.25) is 0 Å². The van der Waals surface area contributed by atoms with Crippen molar-refractivity contribution in [3.63, 3.8) is 0 Å². The van der Waals surface area contributed by atoms with Gasteiger partial charge >= 0.3 is 0 Å². The van der Waals surface area contributed by atoms with Crippen LogP contribution in [0.4, 0.5) is 17.1 Å². The number of nitrogens with zero attached hydrogens (tertiary/aromatic N) is 1. The molecule has 0 saturated carbocycles. The van der Waals surface area contributed by atoms with Gasteiger partial charge in [0.1, 0.15) is 0 Å². The summed E-state index contributed by atoms with van der Waals surface area (Å²) in [5.41, 5.74) is 25.7. The molecule has 1 unspecified atom stereocenters. The monoisotopic (exact) mass is 843 g/mol. The standard InChI is InChI=1S/C64H61N/c1-60(2,3)42-28-31-51-57(36-42)64(11,41-21-13-12-14-22-41)58-37-43(61(4,5)6)35-52(59(51)58)40-20-19-23-44(34-40)65(45-29-32-49-47-24-15-17-26-53(47)62(7,8)55(49)38-45)46-30-33-50-48-25-16-18-27-54(48)63(9,10)56(50)39-46/h12-39H,1-11H3. The lowest BCUT2D eigenvalue weighted by molar-refractivity contribution is 0.584. The van der Waals surface area contributed by atoms with Crippen LogP contribution in [0.15, 0.2) is 170 Å². The Hall–Kier alpha value is -6.44. The van der Waals surface area contributed by atoms with Crippen molar-refractivity contribution < 1.29 is 0 Å². The van der Waals surface area contributed by atoms with Crippen molar-refractivity contribution in [2.24, 2.45) is 0 Å². The average Bonchev–Trinajstić information content (AvgIpc) is 3.79. The fraction of sp³-hybridized carbons (Fsp3) is 0.250. The highest BCUT2D eigenvalue weighted by Crippen LogP contribution is 2.58. The first-order valence-electron chi connectivity index (χ1n) is 23.7. The topological polar surface area (TPSA) is 3.24 Å². The van der Waals surface area contributed by atoms with E-state index in [-0.39, 0.29) is 27.1 Å². The Bertz CT molecular complexity index is 3130. The van der Waals surface area contributed by atoms with Crippen molar-refractivity contribution in [1.82, 2.24) is 0 Å². The van der Waals surface area contributed by atoms with E-state index in [9.17, 15) is 0 Å². The Balaban J connectivity index is 1.15. The molecule has 3 aliphatic carbocycles. The summed E-state index contributed by atoms with van der Waals surface area (Å²) in [6.07, 6.45) is 0. The molecule has 1 atom stereocenters. The first-order chi connectivity index (χ1) is 30.9. The Labute approximate surface area is 387 Å². The van der Waals surface area contributed by atoms with Crippen LogP contribution < -0.4 is 4.90 Å². The number of hydrogen-bond donors (Lipinski definition) is 0. The van der Waals surface area contributed by atoms with Gasteiger partial charge in [0.15, 0.2) is 0 Å². The predicted molar refractivity (Wildman–Crippen MR) is 277 cm³/mol. The van der Waals surface area contributed by atoms with Gasteiger partial charge < -0.3 is 4.90 Å². The summed E-state index contributed by atoms with van der Waals surface area (Å²) in [6.45, 7) is 26.1. The lowest BCUT2D eigenvalue weighted by atomic mass is 9.71. The Kier molecular flexibility index (Phi) is 8.91. The lowest BCUT2D eigenvalue weighted by Crippen LogP contribution is -2.24. The molecule has 11 rings (SSSR count). The molecule has 0 fully saturated rings. The van der Waals surface area contributed by atoms with E-state index in [1.165, 1.54) is 106 Å². The van der Waals surface area contributed by atoms with E-state index in [0.717, 1.165) is 5.69 Å².